The van der Waals surface area contributed by atoms with Gasteiger partial charge in [0.25, 0.3) is 5.91 Å². The molecule has 22 heavy (non-hydrogen) atoms. The van der Waals surface area contributed by atoms with Gasteiger partial charge in [0.05, 0.1) is 25.3 Å². The summed E-state index contributed by atoms with van der Waals surface area (Å²) in [5.74, 6) is 1.10. The van der Waals surface area contributed by atoms with Crippen molar-refractivity contribution in [2.24, 2.45) is 5.92 Å². The van der Waals surface area contributed by atoms with Crippen molar-refractivity contribution in [1.29, 1.82) is 0 Å². The lowest BCUT2D eigenvalue weighted by molar-refractivity contribution is -0.123. The van der Waals surface area contributed by atoms with Crippen molar-refractivity contribution < 1.29 is 14.3 Å². The molecule has 2 fully saturated rings. The van der Waals surface area contributed by atoms with E-state index in [2.05, 4.69) is 11.8 Å². The van der Waals surface area contributed by atoms with Crippen LogP contribution in [-0.4, -0.2) is 43.0 Å². The van der Waals surface area contributed by atoms with E-state index in [4.69, 9.17) is 4.74 Å². The van der Waals surface area contributed by atoms with Crippen molar-refractivity contribution in [3.63, 3.8) is 0 Å². The summed E-state index contributed by atoms with van der Waals surface area (Å²) in [5, 5.41) is 0. The van der Waals surface area contributed by atoms with Gasteiger partial charge in [-0.15, -0.1) is 0 Å². The fraction of sp³-hybridized carbons (Fsp3) is 0.529. The van der Waals surface area contributed by atoms with E-state index in [9.17, 15) is 9.59 Å². The van der Waals surface area contributed by atoms with Crippen molar-refractivity contribution in [3.8, 4) is 5.75 Å². The van der Waals surface area contributed by atoms with E-state index in [1.165, 1.54) is 11.3 Å². The number of anilines is 1. The lowest BCUT2D eigenvalue weighted by atomic mass is 9.98. The molecule has 1 aromatic carbocycles. The predicted molar refractivity (Wildman–Crippen MR) is 83.9 cm³/mol. The smallest absolute Gasteiger partial charge is 0.251 e. The molecule has 5 nitrogen and oxygen atoms in total. The normalized spacial score (nSPS) is 26.5. The minimum absolute atomic E-state index is 0.0933. The molecule has 0 spiro atoms. The second-order valence-corrected chi connectivity index (χ2v) is 6.23. The second kappa shape index (κ2) is 6.08. The average molecular weight is 302 g/mol. The van der Waals surface area contributed by atoms with Crippen LogP contribution in [0.1, 0.15) is 26.2 Å². The molecule has 0 aliphatic carbocycles. The van der Waals surface area contributed by atoms with Gasteiger partial charge in [-0.3, -0.25) is 14.5 Å². The number of piperidine rings is 1. The molecule has 2 aliphatic heterocycles. The van der Waals surface area contributed by atoms with Crippen LogP contribution in [0.4, 0.5) is 5.69 Å². The number of methoxy groups -OCH3 is 1. The summed E-state index contributed by atoms with van der Waals surface area (Å²) in [7, 11) is 1.59. The SMILES string of the molecule is COc1ccc(N2C(=O)C[C@@H](N3CCC[C@H](C)C3)C2=O)cc1. The summed E-state index contributed by atoms with van der Waals surface area (Å²) in [6.45, 7) is 4.01. The van der Waals surface area contributed by atoms with Crippen molar-refractivity contribution >= 4 is 17.5 Å². The van der Waals surface area contributed by atoms with Crippen molar-refractivity contribution in [2.75, 3.05) is 25.1 Å². The maximum atomic E-state index is 12.7. The van der Waals surface area contributed by atoms with Crippen LogP contribution in [0.25, 0.3) is 0 Å². The molecule has 2 heterocycles. The third-order valence-corrected chi connectivity index (χ3v) is 4.58. The number of amides is 2. The van der Waals surface area contributed by atoms with Gasteiger partial charge in [0.15, 0.2) is 0 Å². The molecule has 0 N–H and O–H groups in total. The number of hydrogen-bond donors (Lipinski definition) is 0. The largest absolute Gasteiger partial charge is 0.497 e. The standard InChI is InChI=1S/C17H22N2O3/c1-12-4-3-9-18(11-12)15-10-16(20)19(17(15)21)13-5-7-14(22-2)8-6-13/h5-8,12,15H,3-4,9-11H2,1-2H3/t12-,15+/m0/s1. The van der Waals surface area contributed by atoms with Crippen molar-refractivity contribution in [1.82, 2.24) is 4.90 Å². The number of hydrogen-bond acceptors (Lipinski definition) is 4. The van der Waals surface area contributed by atoms with Gasteiger partial charge in [0.1, 0.15) is 5.75 Å². The Labute approximate surface area is 130 Å². The Balaban J connectivity index is 1.78. The van der Waals surface area contributed by atoms with Gasteiger partial charge >= 0.3 is 0 Å². The van der Waals surface area contributed by atoms with Gasteiger partial charge in [0, 0.05) is 6.54 Å². The number of rotatable bonds is 3. The molecule has 118 valence electrons. The number of nitrogens with zero attached hydrogens (tertiary/aromatic N) is 2. The van der Waals surface area contributed by atoms with E-state index >= 15 is 0 Å². The Morgan fingerprint density at radius 1 is 1.18 bits per heavy atom. The zero-order valence-electron chi connectivity index (χ0n) is 13.1. The first-order valence-electron chi connectivity index (χ1n) is 7.85. The maximum absolute atomic E-state index is 12.7. The second-order valence-electron chi connectivity index (χ2n) is 6.23. The summed E-state index contributed by atoms with van der Waals surface area (Å²) in [6.07, 6.45) is 2.59. The summed E-state index contributed by atoms with van der Waals surface area (Å²) in [4.78, 5) is 28.5. The van der Waals surface area contributed by atoms with Crippen LogP contribution in [0.2, 0.25) is 0 Å². The molecular weight excluding hydrogens is 280 g/mol. The molecule has 0 bridgehead atoms. The Kier molecular flexibility index (Phi) is 4.16. The van der Waals surface area contributed by atoms with Gasteiger partial charge in [-0.2, -0.15) is 0 Å². The summed E-state index contributed by atoms with van der Waals surface area (Å²) < 4.78 is 5.12. The molecule has 1 aromatic rings. The highest BCUT2D eigenvalue weighted by Gasteiger charge is 2.43. The summed E-state index contributed by atoms with van der Waals surface area (Å²) in [6, 6.07) is 6.77. The summed E-state index contributed by atoms with van der Waals surface area (Å²) in [5.41, 5.74) is 0.628. The molecule has 2 atom stereocenters. The van der Waals surface area contributed by atoms with Crippen LogP contribution in [0.5, 0.6) is 5.75 Å². The average Bonchev–Trinajstić information content (AvgIpc) is 2.82. The lowest BCUT2D eigenvalue weighted by Gasteiger charge is -2.34. The molecule has 2 aliphatic rings. The number of carbonyl (C=O) groups excluding carboxylic acids is 2. The predicted octanol–water partition coefficient (Wildman–Crippen LogP) is 2.06. The fourth-order valence-corrected chi connectivity index (χ4v) is 3.41. The topological polar surface area (TPSA) is 49.9 Å². The third-order valence-electron chi connectivity index (χ3n) is 4.58. The highest BCUT2D eigenvalue weighted by Crippen LogP contribution is 2.29. The fourth-order valence-electron chi connectivity index (χ4n) is 3.41. The highest BCUT2D eigenvalue weighted by atomic mass is 16.5. The number of ether oxygens (including phenoxy) is 1. The summed E-state index contributed by atoms with van der Waals surface area (Å²) >= 11 is 0. The van der Waals surface area contributed by atoms with E-state index in [-0.39, 0.29) is 24.3 Å². The molecule has 0 aromatic heterocycles. The molecular formula is C17H22N2O3. The van der Waals surface area contributed by atoms with Crippen LogP contribution >= 0.6 is 0 Å². The maximum Gasteiger partial charge on any atom is 0.251 e. The van der Waals surface area contributed by atoms with Crippen LogP contribution in [-0.2, 0) is 9.59 Å². The van der Waals surface area contributed by atoms with E-state index in [1.807, 2.05) is 0 Å². The van der Waals surface area contributed by atoms with Crippen LogP contribution in [0.15, 0.2) is 24.3 Å². The quantitative estimate of drug-likeness (QED) is 0.802. The van der Waals surface area contributed by atoms with Crippen LogP contribution in [0.3, 0.4) is 0 Å². The number of benzene rings is 1. The zero-order valence-corrected chi connectivity index (χ0v) is 13.1. The first-order chi connectivity index (χ1) is 10.6. The van der Waals surface area contributed by atoms with E-state index in [0.717, 1.165) is 19.5 Å². The minimum Gasteiger partial charge on any atom is -0.497 e. The molecule has 0 radical (unpaired) electrons. The van der Waals surface area contributed by atoms with Gasteiger partial charge in [-0.05, 0) is 49.6 Å². The van der Waals surface area contributed by atoms with E-state index in [0.29, 0.717) is 17.4 Å². The van der Waals surface area contributed by atoms with Gasteiger partial charge in [-0.25, -0.2) is 4.90 Å². The van der Waals surface area contributed by atoms with E-state index in [1.54, 1.807) is 31.4 Å². The van der Waals surface area contributed by atoms with Crippen molar-refractivity contribution in [3.05, 3.63) is 24.3 Å². The molecule has 3 rings (SSSR count). The molecule has 2 saturated heterocycles. The minimum atomic E-state index is -0.294. The van der Waals surface area contributed by atoms with Crippen molar-refractivity contribution in [2.45, 2.75) is 32.2 Å². The number of imide groups is 1. The number of carbonyl (C=O) groups is 2. The third kappa shape index (κ3) is 2.73. The zero-order chi connectivity index (χ0) is 15.7. The molecule has 0 saturated carbocycles. The number of likely N-dealkylation sites (tertiary alicyclic amines) is 1. The Hall–Kier alpha value is -1.88. The Morgan fingerprint density at radius 2 is 1.91 bits per heavy atom. The Morgan fingerprint density at radius 3 is 2.55 bits per heavy atom. The molecule has 2 amide bonds. The van der Waals surface area contributed by atoms with Crippen LogP contribution < -0.4 is 9.64 Å². The molecule has 5 heteroatoms. The first-order valence-corrected chi connectivity index (χ1v) is 7.85. The lowest BCUT2D eigenvalue weighted by Crippen LogP contribution is -2.46. The van der Waals surface area contributed by atoms with Gasteiger partial charge in [-0.1, -0.05) is 6.92 Å². The van der Waals surface area contributed by atoms with Gasteiger partial charge < -0.3 is 4.74 Å². The first kappa shape index (κ1) is 15.0. The van der Waals surface area contributed by atoms with Crippen LogP contribution in [0, 0.1) is 5.92 Å². The van der Waals surface area contributed by atoms with Gasteiger partial charge in [0.2, 0.25) is 5.91 Å². The molecule has 0 unspecified atom stereocenters. The monoisotopic (exact) mass is 302 g/mol. The highest BCUT2D eigenvalue weighted by molar-refractivity contribution is 6.22. The van der Waals surface area contributed by atoms with E-state index < -0.39 is 0 Å². The Bertz CT molecular complexity index is 570.